The second kappa shape index (κ2) is 7.29. The molecule has 3 rings (SSSR count). The van der Waals surface area contributed by atoms with Crippen molar-refractivity contribution >= 4 is 5.91 Å². The zero-order valence-corrected chi connectivity index (χ0v) is 13.7. The molecule has 6 nitrogen and oxygen atoms in total. The van der Waals surface area contributed by atoms with Gasteiger partial charge in [-0.2, -0.15) is 5.10 Å². The van der Waals surface area contributed by atoms with Crippen LogP contribution in [0, 0.1) is 0 Å². The average molecular weight is 327 g/mol. The van der Waals surface area contributed by atoms with Crippen molar-refractivity contribution in [1.82, 2.24) is 15.1 Å². The van der Waals surface area contributed by atoms with Gasteiger partial charge in [0, 0.05) is 24.6 Å². The van der Waals surface area contributed by atoms with Crippen LogP contribution in [0.25, 0.3) is 0 Å². The number of ether oxygens (including phenoxy) is 1. The topological polar surface area (TPSA) is 73.2 Å². The van der Waals surface area contributed by atoms with Crippen LogP contribution < -0.4 is 15.6 Å². The molecule has 0 saturated heterocycles. The second-order valence-electron chi connectivity index (χ2n) is 5.83. The van der Waals surface area contributed by atoms with Crippen molar-refractivity contribution in [2.45, 2.75) is 38.8 Å². The van der Waals surface area contributed by atoms with Gasteiger partial charge in [0.2, 0.25) is 0 Å². The Morgan fingerprint density at radius 3 is 3.00 bits per heavy atom. The van der Waals surface area contributed by atoms with Crippen molar-refractivity contribution in [2.75, 3.05) is 6.61 Å². The van der Waals surface area contributed by atoms with Crippen LogP contribution in [0.4, 0.5) is 0 Å². The standard InChI is InChI=1S/C18H21N3O3/c1-2-3-11-21-17(22)9-8-15(20-21)18(23)19-14-10-12-24-16-7-5-4-6-13(14)16/h4-9,14H,2-3,10-12H2,1H3,(H,19,23)/t14-/m0/s1. The van der Waals surface area contributed by atoms with E-state index in [0.29, 0.717) is 19.6 Å². The fourth-order valence-electron chi connectivity index (χ4n) is 2.76. The number of carbonyl (C=O) groups is 1. The molecule has 0 bridgehead atoms. The van der Waals surface area contributed by atoms with Gasteiger partial charge in [-0.05, 0) is 18.6 Å². The van der Waals surface area contributed by atoms with Crippen LogP contribution in [-0.4, -0.2) is 22.3 Å². The third-order valence-electron chi connectivity index (χ3n) is 4.09. The van der Waals surface area contributed by atoms with Crippen LogP contribution >= 0.6 is 0 Å². The van der Waals surface area contributed by atoms with Crippen LogP contribution in [0.1, 0.15) is 48.3 Å². The number of amides is 1. The van der Waals surface area contributed by atoms with Gasteiger partial charge < -0.3 is 10.1 Å². The van der Waals surface area contributed by atoms with Gasteiger partial charge in [-0.25, -0.2) is 4.68 Å². The number of aromatic nitrogens is 2. The molecule has 0 radical (unpaired) electrons. The number of nitrogens with one attached hydrogen (secondary N) is 1. The fraction of sp³-hybridized carbons (Fsp3) is 0.389. The van der Waals surface area contributed by atoms with Gasteiger partial charge in [-0.15, -0.1) is 0 Å². The lowest BCUT2D eigenvalue weighted by molar-refractivity contribution is 0.0917. The quantitative estimate of drug-likeness (QED) is 0.914. The maximum Gasteiger partial charge on any atom is 0.272 e. The number of carbonyl (C=O) groups excluding carboxylic acids is 1. The summed E-state index contributed by atoms with van der Waals surface area (Å²) in [5.74, 6) is 0.525. The van der Waals surface area contributed by atoms with Crippen LogP contribution in [-0.2, 0) is 6.54 Å². The zero-order chi connectivity index (χ0) is 16.9. The Labute approximate surface area is 140 Å². The van der Waals surface area contributed by atoms with Crippen molar-refractivity contribution < 1.29 is 9.53 Å². The minimum atomic E-state index is -0.276. The number of para-hydroxylation sites is 1. The summed E-state index contributed by atoms with van der Waals surface area (Å²) >= 11 is 0. The SMILES string of the molecule is CCCCn1nc(C(=O)N[C@H]2CCOc3ccccc32)ccc1=O. The van der Waals surface area contributed by atoms with E-state index in [9.17, 15) is 9.59 Å². The van der Waals surface area contributed by atoms with E-state index in [2.05, 4.69) is 10.4 Å². The number of fused-ring (bicyclic) bond motifs is 1. The zero-order valence-electron chi connectivity index (χ0n) is 13.7. The van der Waals surface area contributed by atoms with Crippen molar-refractivity contribution in [2.24, 2.45) is 0 Å². The Morgan fingerprint density at radius 1 is 1.33 bits per heavy atom. The highest BCUT2D eigenvalue weighted by Gasteiger charge is 2.23. The molecule has 1 aromatic carbocycles. The summed E-state index contributed by atoms with van der Waals surface area (Å²) in [5, 5.41) is 7.19. The van der Waals surface area contributed by atoms with Crippen molar-refractivity contribution in [1.29, 1.82) is 0 Å². The lowest BCUT2D eigenvalue weighted by Gasteiger charge is -2.26. The molecule has 1 amide bonds. The van der Waals surface area contributed by atoms with E-state index in [4.69, 9.17) is 4.74 Å². The molecule has 2 heterocycles. The van der Waals surface area contributed by atoms with Gasteiger partial charge >= 0.3 is 0 Å². The minimum absolute atomic E-state index is 0.111. The van der Waals surface area contributed by atoms with E-state index < -0.39 is 0 Å². The predicted molar refractivity (Wildman–Crippen MR) is 90.2 cm³/mol. The molecule has 1 N–H and O–H groups in total. The molecule has 6 heteroatoms. The molecule has 0 spiro atoms. The third kappa shape index (κ3) is 3.48. The van der Waals surface area contributed by atoms with E-state index in [1.54, 1.807) is 0 Å². The molecule has 126 valence electrons. The third-order valence-corrected chi connectivity index (χ3v) is 4.09. The number of nitrogens with zero attached hydrogens (tertiary/aromatic N) is 2. The molecule has 1 aliphatic heterocycles. The number of hydrogen-bond acceptors (Lipinski definition) is 4. The fourth-order valence-corrected chi connectivity index (χ4v) is 2.76. The van der Waals surface area contributed by atoms with Crippen molar-refractivity contribution in [3.05, 3.63) is 58.0 Å². The van der Waals surface area contributed by atoms with Gasteiger partial charge in [0.15, 0.2) is 0 Å². The highest BCUT2D eigenvalue weighted by atomic mass is 16.5. The predicted octanol–water partition coefficient (Wildman–Crippen LogP) is 2.30. The molecule has 1 atom stereocenters. The molecule has 2 aromatic rings. The largest absolute Gasteiger partial charge is 0.493 e. The summed E-state index contributed by atoms with van der Waals surface area (Å²) in [5.41, 5.74) is 1.04. The van der Waals surface area contributed by atoms with Crippen molar-refractivity contribution in [3.8, 4) is 5.75 Å². The molecular formula is C18H21N3O3. The summed E-state index contributed by atoms with van der Waals surface area (Å²) in [6.45, 7) is 3.13. The lowest BCUT2D eigenvalue weighted by atomic mass is 10.0. The smallest absolute Gasteiger partial charge is 0.272 e. The van der Waals surface area contributed by atoms with Gasteiger partial charge in [-0.1, -0.05) is 31.5 Å². The molecule has 1 aliphatic rings. The Morgan fingerprint density at radius 2 is 2.17 bits per heavy atom. The monoisotopic (exact) mass is 327 g/mol. The average Bonchev–Trinajstić information content (AvgIpc) is 2.61. The van der Waals surface area contributed by atoms with Gasteiger partial charge in [-0.3, -0.25) is 9.59 Å². The van der Waals surface area contributed by atoms with E-state index in [0.717, 1.165) is 24.2 Å². The van der Waals surface area contributed by atoms with Gasteiger partial charge in [0.1, 0.15) is 11.4 Å². The molecule has 0 aliphatic carbocycles. The van der Waals surface area contributed by atoms with E-state index in [1.807, 2.05) is 31.2 Å². The molecule has 1 aromatic heterocycles. The van der Waals surface area contributed by atoms with E-state index in [1.165, 1.54) is 16.8 Å². The molecule has 0 unspecified atom stereocenters. The van der Waals surface area contributed by atoms with Crippen LogP contribution in [0.2, 0.25) is 0 Å². The number of hydrogen-bond donors (Lipinski definition) is 1. The molecular weight excluding hydrogens is 306 g/mol. The Hall–Kier alpha value is -2.63. The Balaban J connectivity index is 1.77. The van der Waals surface area contributed by atoms with Crippen LogP contribution in [0.5, 0.6) is 5.75 Å². The molecule has 24 heavy (non-hydrogen) atoms. The van der Waals surface area contributed by atoms with Crippen molar-refractivity contribution in [3.63, 3.8) is 0 Å². The normalized spacial score (nSPS) is 16.1. The molecule has 0 fully saturated rings. The maximum atomic E-state index is 12.5. The summed E-state index contributed by atoms with van der Waals surface area (Å²) in [4.78, 5) is 24.3. The first-order chi connectivity index (χ1) is 11.7. The Kier molecular flexibility index (Phi) is 4.93. The maximum absolute atomic E-state index is 12.5. The highest BCUT2D eigenvalue weighted by molar-refractivity contribution is 5.92. The second-order valence-corrected chi connectivity index (χ2v) is 5.83. The Bertz CT molecular complexity index is 785. The summed E-state index contributed by atoms with van der Waals surface area (Å²) in [7, 11) is 0. The highest BCUT2D eigenvalue weighted by Crippen LogP contribution is 2.31. The lowest BCUT2D eigenvalue weighted by Crippen LogP contribution is -2.34. The van der Waals surface area contributed by atoms with E-state index in [-0.39, 0.29) is 23.2 Å². The van der Waals surface area contributed by atoms with Gasteiger partial charge in [0.05, 0.1) is 12.6 Å². The number of aryl methyl sites for hydroxylation is 1. The molecule has 0 saturated carbocycles. The van der Waals surface area contributed by atoms with Crippen LogP contribution in [0.3, 0.4) is 0 Å². The first kappa shape index (κ1) is 16.2. The minimum Gasteiger partial charge on any atom is -0.493 e. The number of unbranched alkanes of at least 4 members (excludes halogenated alkanes) is 1. The van der Waals surface area contributed by atoms with Gasteiger partial charge in [0.25, 0.3) is 11.5 Å². The number of rotatable bonds is 5. The van der Waals surface area contributed by atoms with Crippen LogP contribution in [0.15, 0.2) is 41.2 Å². The first-order valence-corrected chi connectivity index (χ1v) is 8.30. The number of benzene rings is 1. The summed E-state index contributed by atoms with van der Waals surface area (Å²) in [6, 6.07) is 10.5. The summed E-state index contributed by atoms with van der Waals surface area (Å²) < 4.78 is 6.97. The van der Waals surface area contributed by atoms with E-state index >= 15 is 0 Å². The first-order valence-electron chi connectivity index (χ1n) is 8.30. The summed E-state index contributed by atoms with van der Waals surface area (Å²) in [6.07, 6.45) is 2.52.